The highest BCUT2D eigenvalue weighted by atomic mass is 32.1. The zero-order chi connectivity index (χ0) is 18.0. The molecule has 0 saturated carbocycles. The van der Waals surface area contributed by atoms with Crippen LogP contribution in [0.2, 0.25) is 0 Å². The summed E-state index contributed by atoms with van der Waals surface area (Å²) in [5.74, 6) is -0.450. The van der Waals surface area contributed by atoms with Crippen LogP contribution in [-0.4, -0.2) is 10.9 Å². The lowest BCUT2D eigenvalue weighted by Crippen LogP contribution is -2.14. The van der Waals surface area contributed by atoms with Crippen molar-refractivity contribution in [1.29, 1.82) is 0 Å². The molecule has 0 atom stereocenters. The highest BCUT2D eigenvalue weighted by molar-refractivity contribution is 7.17. The maximum Gasteiger partial charge on any atom is 0.267 e. The summed E-state index contributed by atoms with van der Waals surface area (Å²) in [6.45, 7) is 5.87. The first-order valence-corrected chi connectivity index (χ1v) is 8.94. The predicted octanol–water partition coefficient (Wildman–Crippen LogP) is 5.38. The predicted molar refractivity (Wildman–Crippen MR) is 101 cm³/mol. The van der Waals surface area contributed by atoms with Crippen LogP contribution in [0.15, 0.2) is 42.5 Å². The molecular weight excluding hydrogens is 335 g/mol. The summed E-state index contributed by atoms with van der Waals surface area (Å²) in [6, 6.07) is 12.1. The first-order chi connectivity index (χ1) is 12.0. The van der Waals surface area contributed by atoms with Crippen molar-refractivity contribution >= 4 is 22.9 Å². The number of nitrogens with one attached hydrogen (secondary N) is 1. The summed E-state index contributed by atoms with van der Waals surface area (Å²) in [7, 11) is 0. The minimum absolute atomic E-state index is 0.160. The number of rotatable bonds is 4. The Morgan fingerprint density at radius 3 is 2.56 bits per heavy atom. The lowest BCUT2D eigenvalue weighted by molar-refractivity contribution is 0.102. The van der Waals surface area contributed by atoms with E-state index in [0.717, 1.165) is 28.8 Å². The van der Waals surface area contributed by atoms with Gasteiger partial charge in [0.2, 0.25) is 0 Å². The lowest BCUT2D eigenvalue weighted by Gasteiger charge is -2.12. The minimum Gasteiger partial charge on any atom is -0.321 e. The van der Waals surface area contributed by atoms with Crippen LogP contribution in [0.3, 0.4) is 0 Å². The molecule has 128 valence electrons. The molecule has 1 N–H and O–H groups in total. The van der Waals surface area contributed by atoms with Crippen molar-refractivity contribution in [3.63, 3.8) is 0 Å². The Hall–Kier alpha value is -2.53. The highest BCUT2D eigenvalue weighted by Crippen LogP contribution is 2.29. The van der Waals surface area contributed by atoms with Crippen LogP contribution < -0.4 is 5.32 Å². The van der Waals surface area contributed by atoms with E-state index in [1.807, 2.05) is 32.0 Å². The molecule has 5 heteroatoms. The van der Waals surface area contributed by atoms with Crippen molar-refractivity contribution in [1.82, 2.24) is 4.98 Å². The van der Waals surface area contributed by atoms with E-state index in [1.54, 1.807) is 12.1 Å². The fourth-order valence-electron chi connectivity index (χ4n) is 2.70. The normalized spacial score (nSPS) is 10.7. The van der Waals surface area contributed by atoms with E-state index in [-0.39, 0.29) is 11.7 Å². The van der Waals surface area contributed by atoms with Crippen LogP contribution >= 0.6 is 11.3 Å². The van der Waals surface area contributed by atoms with E-state index in [9.17, 15) is 9.18 Å². The second-order valence-corrected chi connectivity index (χ2v) is 6.86. The number of halogens is 1. The summed E-state index contributed by atoms with van der Waals surface area (Å²) in [5, 5.41) is 3.74. The molecule has 0 aliphatic heterocycles. The molecule has 3 rings (SSSR count). The Kier molecular flexibility index (Phi) is 4.95. The third kappa shape index (κ3) is 3.61. The molecule has 0 bridgehead atoms. The molecule has 1 aromatic heterocycles. The van der Waals surface area contributed by atoms with Crippen LogP contribution in [0.5, 0.6) is 0 Å². The quantitative estimate of drug-likeness (QED) is 0.683. The first-order valence-electron chi connectivity index (χ1n) is 8.12. The Morgan fingerprint density at radius 2 is 1.88 bits per heavy atom. The van der Waals surface area contributed by atoms with Crippen molar-refractivity contribution in [3.05, 3.63) is 70.0 Å². The van der Waals surface area contributed by atoms with Crippen LogP contribution in [0.25, 0.3) is 10.6 Å². The Bertz CT molecular complexity index is 916. The Labute approximate surface area is 150 Å². The van der Waals surface area contributed by atoms with E-state index < -0.39 is 0 Å². The number of thiazole rings is 1. The van der Waals surface area contributed by atoms with Crippen molar-refractivity contribution < 1.29 is 9.18 Å². The van der Waals surface area contributed by atoms with E-state index in [0.29, 0.717) is 15.6 Å². The summed E-state index contributed by atoms with van der Waals surface area (Å²) >= 11 is 1.32. The van der Waals surface area contributed by atoms with Crippen molar-refractivity contribution in [2.45, 2.75) is 27.2 Å². The molecule has 0 unspecified atom stereocenters. The van der Waals surface area contributed by atoms with Gasteiger partial charge in [-0.2, -0.15) is 0 Å². The maximum absolute atomic E-state index is 13.1. The zero-order valence-electron chi connectivity index (χ0n) is 14.4. The third-order valence-corrected chi connectivity index (χ3v) is 5.28. The average Bonchev–Trinajstić information content (AvgIpc) is 2.99. The Morgan fingerprint density at radius 1 is 1.16 bits per heavy atom. The number of nitrogens with zero attached hydrogens (tertiary/aromatic N) is 1. The number of amides is 1. The number of hydrogen-bond acceptors (Lipinski definition) is 3. The number of benzene rings is 2. The van der Waals surface area contributed by atoms with Crippen molar-refractivity contribution in [3.8, 4) is 10.6 Å². The fraction of sp³-hybridized carbons (Fsp3) is 0.200. The molecule has 3 nitrogen and oxygen atoms in total. The van der Waals surface area contributed by atoms with Gasteiger partial charge in [0.05, 0.1) is 5.69 Å². The number of hydrogen-bond donors (Lipinski definition) is 1. The molecule has 2 aromatic carbocycles. The van der Waals surface area contributed by atoms with E-state index >= 15 is 0 Å². The topological polar surface area (TPSA) is 42.0 Å². The zero-order valence-corrected chi connectivity index (χ0v) is 15.2. The Balaban J connectivity index is 1.90. The van der Waals surface area contributed by atoms with Crippen molar-refractivity contribution in [2.75, 3.05) is 5.32 Å². The summed E-state index contributed by atoms with van der Waals surface area (Å²) < 4.78 is 13.1. The van der Waals surface area contributed by atoms with Gasteiger partial charge in [-0.15, -0.1) is 11.3 Å². The van der Waals surface area contributed by atoms with Gasteiger partial charge < -0.3 is 5.32 Å². The molecule has 0 saturated heterocycles. The molecule has 0 radical (unpaired) electrons. The first kappa shape index (κ1) is 17.3. The second-order valence-electron chi connectivity index (χ2n) is 5.86. The van der Waals surface area contributed by atoms with E-state index in [4.69, 9.17) is 0 Å². The average molecular weight is 354 g/mol. The van der Waals surface area contributed by atoms with Gasteiger partial charge in [0.15, 0.2) is 0 Å². The molecule has 3 aromatic rings. The summed E-state index contributed by atoms with van der Waals surface area (Å²) in [4.78, 5) is 17.8. The molecule has 0 fully saturated rings. The summed E-state index contributed by atoms with van der Waals surface area (Å²) in [5.41, 5.74) is 4.49. The number of aryl methyl sites for hydroxylation is 3. The van der Waals surface area contributed by atoms with Crippen LogP contribution in [-0.2, 0) is 6.42 Å². The molecule has 0 aliphatic rings. The van der Waals surface area contributed by atoms with Gasteiger partial charge in [0.1, 0.15) is 15.7 Å². The molecule has 0 aliphatic carbocycles. The number of aromatic nitrogens is 1. The number of anilines is 1. The molecule has 25 heavy (non-hydrogen) atoms. The summed E-state index contributed by atoms with van der Waals surface area (Å²) in [6.07, 6.45) is 0.847. The van der Waals surface area contributed by atoms with Crippen molar-refractivity contribution in [2.24, 2.45) is 0 Å². The third-order valence-electron chi connectivity index (χ3n) is 4.07. The second kappa shape index (κ2) is 7.15. The number of carbonyl (C=O) groups excluding carboxylic acids is 1. The largest absolute Gasteiger partial charge is 0.321 e. The fourth-order valence-corrected chi connectivity index (χ4v) is 3.66. The van der Waals surface area contributed by atoms with Gasteiger partial charge in [0.25, 0.3) is 5.91 Å². The molecular formula is C20H19FN2OS. The van der Waals surface area contributed by atoms with Gasteiger partial charge >= 0.3 is 0 Å². The van der Waals surface area contributed by atoms with Gasteiger partial charge in [0, 0.05) is 11.3 Å². The number of para-hydroxylation sites is 1. The van der Waals surface area contributed by atoms with E-state index in [1.165, 1.54) is 23.5 Å². The maximum atomic E-state index is 13.1. The van der Waals surface area contributed by atoms with Gasteiger partial charge in [-0.3, -0.25) is 4.79 Å². The van der Waals surface area contributed by atoms with Crippen LogP contribution in [0.1, 0.15) is 33.4 Å². The SMILES string of the molecule is CCc1cccc(C)c1NC(=O)c1sc(-c2ccc(F)cc2)nc1C. The highest BCUT2D eigenvalue weighted by Gasteiger charge is 2.18. The lowest BCUT2D eigenvalue weighted by atomic mass is 10.1. The van der Waals surface area contributed by atoms with E-state index in [2.05, 4.69) is 17.2 Å². The number of carbonyl (C=O) groups is 1. The minimum atomic E-state index is -0.290. The monoisotopic (exact) mass is 354 g/mol. The molecule has 0 spiro atoms. The smallest absolute Gasteiger partial charge is 0.267 e. The molecule has 1 heterocycles. The standard InChI is InChI=1S/C20H19FN2OS/c1-4-14-7-5-6-12(2)17(14)23-19(24)18-13(3)22-20(25-18)15-8-10-16(21)11-9-15/h5-11H,4H2,1-3H3,(H,23,24). The van der Waals surface area contributed by atoms with Gasteiger partial charge in [-0.05, 0) is 55.7 Å². The molecule has 1 amide bonds. The van der Waals surface area contributed by atoms with Gasteiger partial charge in [-0.1, -0.05) is 25.1 Å². The van der Waals surface area contributed by atoms with Crippen LogP contribution in [0.4, 0.5) is 10.1 Å². The van der Waals surface area contributed by atoms with Crippen LogP contribution in [0, 0.1) is 19.7 Å². The van der Waals surface area contributed by atoms with Gasteiger partial charge in [-0.25, -0.2) is 9.37 Å².